The molecule has 7 aromatic carbocycles. The predicted molar refractivity (Wildman–Crippen MR) is 483 cm³/mol. The highest BCUT2D eigenvalue weighted by Crippen LogP contribution is 2.31. The first-order valence-corrected chi connectivity index (χ1v) is 39.2. The van der Waals surface area contributed by atoms with E-state index < -0.39 is 11.6 Å². The van der Waals surface area contributed by atoms with E-state index in [1.54, 1.807) is 51.1 Å². The Hall–Kier alpha value is -5.75. The highest BCUT2D eigenvalue weighted by Gasteiger charge is 2.17. The Balaban J connectivity index is -0.000000169. The van der Waals surface area contributed by atoms with Gasteiger partial charge in [-0.3, -0.25) is 0 Å². The highest BCUT2D eigenvalue weighted by atomic mass is 19.2. The van der Waals surface area contributed by atoms with Gasteiger partial charge in [0.15, 0.2) is 11.6 Å². The fourth-order valence-corrected chi connectivity index (χ4v) is 11.9. The minimum atomic E-state index is -0.736. The molecule has 6 heteroatoms. The molecule has 5 fully saturated rings. The molecule has 5 saturated carbocycles. The lowest BCUT2D eigenvalue weighted by molar-refractivity contribution is 0.308. The van der Waals surface area contributed by atoms with Gasteiger partial charge in [-0.15, -0.1) is 0 Å². The maximum atomic E-state index is 12.6. The Morgan fingerprint density at radius 2 is 0.287 bits per heavy atom. The second-order valence-corrected chi connectivity index (χ2v) is 32.4. The zero-order valence-corrected chi connectivity index (χ0v) is 69.2. The smallest absolute Gasteiger partial charge is 0.161 e. The van der Waals surface area contributed by atoms with Crippen LogP contribution in [0.4, 0.5) is 22.0 Å². The number of benzene rings is 7. The zero-order chi connectivity index (χ0) is 76.1. The SMILES string of the molecule is C.C.C.C.C.C.CC1CCC(C)CC1.CC1CCC(C)CC1.CC1CCC(C)CC1.CC1CCC(C)CC1.CC1CCC(C)CC1.Cc1ccc(C)c(F)c1.Cc1ccc(C)c(F)c1.Cc1ccc(C)c(F)c1.Cc1ccc(C)c(F)c1F.Cc1ccc(C)cc1.Cc1ccc(C)cc1.Cc1ccc(C)cc1.[2HH].[B]. The van der Waals surface area contributed by atoms with Crippen molar-refractivity contribution in [3.8, 4) is 0 Å². The number of halogens is 5. The number of aryl methyl sites for hydroxylation is 14. The molecule has 0 aliphatic heterocycles. The molecule has 0 heterocycles. The number of hydrogen-bond donors (Lipinski definition) is 0. The van der Waals surface area contributed by atoms with Gasteiger partial charge in [-0.05, 0) is 219 Å². The summed E-state index contributed by atoms with van der Waals surface area (Å²) >= 11 is 0. The van der Waals surface area contributed by atoms with Crippen LogP contribution in [0.1, 0.15) is 322 Å². The van der Waals surface area contributed by atoms with E-state index >= 15 is 0 Å². The lowest BCUT2D eigenvalue weighted by Crippen LogP contribution is -2.08. The third kappa shape index (κ3) is 58.2. The van der Waals surface area contributed by atoms with Gasteiger partial charge < -0.3 is 0 Å². The van der Waals surface area contributed by atoms with Crippen molar-refractivity contribution in [2.75, 3.05) is 0 Å². The van der Waals surface area contributed by atoms with Crippen LogP contribution in [-0.4, -0.2) is 8.41 Å². The van der Waals surface area contributed by atoms with Crippen LogP contribution in [0.25, 0.3) is 0 Å². The predicted octanol–water partition coefficient (Wildman–Crippen LogP) is 34.7. The molecule has 12 rings (SSSR count). The topological polar surface area (TPSA) is 0 Å². The van der Waals surface area contributed by atoms with E-state index in [1.807, 2.05) is 39.0 Å². The van der Waals surface area contributed by atoms with Crippen molar-refractivity contribution in [1.29, 1.82) is 0 Å². The molecule has 5 aliphatic carbocycles. The van der Waals surface area contributed by atoms with Crippen LogP contribution in [0.3, 0.4) is 0 Å². The molecule has 0 nitrogen and oxygen atoms in total. The molecule has 0 spiro atoms. The first kappa shape index (κ1) is 116. The van der Waals surface area contributed by atoms with E-state index in [0.29, 0.717) is 27.8 Å². The van der Waals surface area contributed by atoms with E-state index in [2.05, 4.69) is 184 Å². The summed E-state index contributed by atoms with van der Waals surface area (Å²) in [6.07, 6.45) is 29.5. The van der Waals surface area contributed by atoms with Crippen LogP contribution in [0.2, 0.25) is 0 Å². The van der Waals surface area contributed by atoms with Crippen molar-refractivity contribution in [2.24, 2.45) is 59.2 Å². The van der Waals surface area contributed by atoms with Crippen molar-refractivity contribution in [3.63, 3.8) is 0 Å². The fraction of sp³-hybridized carbons (Fsp3) is 0.588. The maximum Gasteiger partial charge on any atom is 0.161 e. The average molecular weight is 1500 g/mol. The third-order valence-corrected chi connectivity index (χ3v) is 20.6. The molecule has 0 aromatic heterocycles. The average Bonchev–Trinajstić information content (AvgIpc) is 0.602. The molecule has 0 unspecified atom stereocenters. The van der Waals surface area contributed by atoms with E-state index in [9.17, 15) is 22.0 Å². The second kappa shape index (κ2) is 65.9. The summed E-state index contributed by atoms with van der Waals surface area (Å²) in [5.41, 5.74) is 13.7. The van der Waals surface area contributed by atoms with E-state index in [-0.39, 0.29) is 71.9 Å². The van der Waals surface area contributed by atoms with Gasteiger partial charge in [0.05, 0.1) is 0 Å². The number of rotatable bonds is 0. The number of hydrogen-bond acceptors (Lipinski definition) is 0. The first-order chi connectivity index (χ1) is 47.5. The molecule has 108 heavy (non-hydrogen) atoms. The first-order valence-electron chi connectivity index (χ1n) is 39.2. The Bertz CT molecular complexity index is 2730. The van der Waals surface area contributed by atoms with Gasteiger partial charge in [-0.2, -0.15) is 0 Å². The Morgan fingerprint density at radius 1 is 0.185 bits per heavy atom. The lowest BCUT2D eigenvalue weighted by atomic mass is 9.84. The van der Waals surface area contributed by atoms with Crippen molar-refractivity contribution in [2.45, 2.75) is 339 Å². The summed E-state index contributed by atoms with van der Waals surface area (Å²) < 4.78 is 63.0. The molecule has 7 aromatic rings. The molecule has 617 valence electrons. The van der Waals surface area contributed by atoms with Crippen LogP contribution in [-0.2, 0) is 0 Å². The van der Waals surface area contributed by atoms with Gasteiger partial charge >= 0.3 is 0 Å². The van der Waals surface area contributed by atoms with Gasteiger partial charge in [-0.1, -0.05) is 397 Å². The normalized spacial score (nSPS) is 20.1. The standard InChI is InChI=1S/C8H8F2.3C8H9F.5C8H16.3C8H10.6CH4.B.H2/c1-5-3-4-6(2)8(10)7(5)9;3*1-6-3-4-7(2)8(9)5-6;8*1-7-3-5-8(2)6-4-7;;;;;;;;/h3-4H,1-2H3;3*3-5H,1-2H3;5*7-8H,3-6H2,1-2H3;3*3-6H,1-2H3;6*1H4;;1H/i;;;;;;;;;;;;;;;;;;;1+1. The minimum absolute atomic E-state index is 0. The molecule has 3 radical (unpaired) electrons. The van der Waals surface area contributed by atoms with Crippen molar-refractivity contribution >= 4 is 8.41 Å². The summed E-state index contributed by atoms with van der Waals surface area (Å²) in [4.78, 5) is 0. The molecule has 0 amide bonds. The highest BCUT2D eigenvalue weighted by molar-refractivity contribution is 5.75. The van der Waals surface area contributed by atoms with Gasteiger partial charge in [0, 0.05) is 9.84 Å². The largest absolute Gasteiger partial charge is 0.207 e. The van der Waals surface area contributed by atoms with Crippen LogP contribution >= 0.6 is 0 Å². The third-order valence-electron chi connectivity index (χ3n) is 20.6. The van der Waals surface area contributed by atoms with Crippen molar-refractivity contribution in [1.82, 2.24) is 0 Å². The molecular formula is C102H171BF5. The molecule has 0 saturated heterocycles. The molecule has 0 atom stereocenters. The molecular weight excluding hydrogens is 1330 g/mol. The van der Waals surface area contributed by atoms with Crippen LogP contribution in [0.5, 0.6) is 0 Å². The zero-order valence-electron chi connectivity index (χ0n) is 69.2. The Labute approximate surface area is 672 Å². The molecule has 5 aliphatic rings. The summed E-state index contributed by atoms with van der Waals surface area (Å²) in [7, 11) is 0. The summed E-state index contributed by atoms with van der Waals surface area (Å²) in [6.45, 7) is 50.2. The quantitative estimate of drug-likeness (QED) is 0.105. The summed E-state index contributed by atoms with van der Waals surface area (Å²) in [5, 5.41) is 0. The summed E-state index contributed by atoms with van der Waals surface area (Å²) in [5.74, 6) is 8.38. The van der Waals surface area contributed by atoms with Gasteiger partial charge in [0.2, 0.25) is 0 Å². The minimum Gasteiger partial charge on any atom is -0.207 e. The van der Waals surface area contributed by atoms with Gasteiger partial charge in [-0.25, -0.2) is 22.0 Å². The molecule has 0 bridgehead atoms. The Morgan fingerprint density at radius 3 is 0.389 bits per heavy atom. The monoisotopic (exact) mass is 1500 g/mol. The van der Waals surface area contributed by atoms with Crippen molar-refractivity contribution in [3.05, 3.63) is 247 Å². The van der Waals surface area contributed by atoms with Crippen LogP contribution in [0, 0.1) is 185 Å². The van der Waals surface area contributed by atoms with E-state index in [0.717, 1.165) is 75.9 Å². The van der Waals surface area contributed by atoms with E-state index in [4.69, 9.17) is 0 Å². The maximum absolute atomic E-state index is 12.6. The van der Waals surface area contributed by atoms with Gasteiger partial charge in [0.25, 0.3) is 0 Å². The van der Waals surface area contributed by atoms with Crippen LogP contribution < -0.4 is 0 Å². The summed E-state index contributed by atoms with van der Waals surface area (Å²) in [6, 6.07) is 44.2. The van der Waals surface area contributed by atoms with Crippen LogP contribution in [0.15, 0.2) is 140 Å². The fourth-order valence-electron chi connectivity index (χ4n) is 11.9. The second-order valence-electron chi connectivity index (χ2n) is 32.4. The lowest BCUT2D eigenvalue weighted by Gasteiger charge is -2.22. The van der Waals surface area contributed by atoms with E-state index in [1.165, 1.54) is 194 Å². The molecule has 0 N–H and O–H groups in total. The van der Waals surface area contributed by atoms with Gasteiger partial charge in [0.1, 0.15) is 17.5 Å². The Kier molecular flexibility index (Phi) is 70.5. The van der Waals surface area contributed by atoms with Crippen molar-refractivity contribution < 1.29 is 23.4 Å².